The van der Waals surface area contributed by atoms with Crippen LogP contribution >= 0.6 is 11.3 Å². The van der Waals surface area contributed by atoms with Gasteiger partial charge in [-0.2, -0.15) is 0 Å². The van der Waals surface area contributed by atoms with Gasteiger partial charge in [0, 0.05) is 24.6 Å². The lowest BCUT2D eigenvalue weighted by molar-refractivity contribution is 0.113. The van der Waals surface area contributed by atoms with E-state index in [9.17, 15) is 0 Å². The van der Waals surface area contributed by atoms with Crippen LogP contribution in [0.2, 0.25) is 0 Å². The molecule has 14 heavy (non-hydrogen) atoms. The van der Waals surface area contributed by atoms with E-state index in [2.05, 4.69) is 22.6 Å². The Morgan fingerprint density at radius 3 is 3.14 bits per heavy atom. The molecular formula is C10H16N2OS. The van der Waals surface area contributed by atoms with Gasteiger partial charge in [-0.1, -0.05) is 0 Å². The third-order valence-electron chi connectivity index (χ3n) is 2.59. The van der Waals surface area contributed by atoms with Crippen molar-refractivity contribution in [2.45, 2.75) is 39.0 Å². The van der Waals surface area contributed by atoms with E-state index < -0.39 is 0 Å². The molecule has 0 aromatic carbocycles. The first-order valence-corrected chi connectivity index (χ1v) is 5.89. The minimum atomic E-state index is 0.342. The first-order chi connectivity index (χ1) is 6.75. The van der Waals surface area contributed by atoms with Crippen LogP contribution in [0.4, 0.5) is 0 Å². The Hall–Kier alpha value is -0.450. The molecule has 0 spiro atoms. The maximum absolute atomic E-state index is 5.48. The van der Waals surface area contributed by atoms with E-state index >= 15 is 0 Å². The third kappa shape index (κ3) is 2.32. The first-order valence-electron chi connectivity index (χ1n) is 5.01. The molecule has 2 heterocycles. The summed E-state index contributed by atoms with van der Waals surface area (Å²) in [5.41, 5.74) is 1.15. The van der Waals surface area contributed by atoms with E-state index in [0.29, 0.717) is 12.1 Å². The first kappa shape index (κ1) is 10.1. The predicted molar refractivity (Wildman–Crippen MR) is 57.5 cm³/mol. The number of ether oxygens (including phenoxy) is 1. The van der Waals surface area contributed by atoms with Crippen molar-refractivity contribution in [1.82, 2.24) is 10.3 Å². The van der Waals surface area contributed by atoms with Gasteiger partial charge in [0.05, 0.1) is 16.8 Å². The summed E-state index contributed by atoms with van der Waals surface area (Å²) in [6.07, 6.45) is 1.46. The lowest BCUT2D eigenvalue weighted by atomic mass is 10.1. The molecule has 1 aliphatic rings. The fraction of sp³-hybridized carbons (Fsp3) is 0.700. The minimum Gasteiger partial charge on any atom is -0.377 e. The van der Waals surface area contributed by atoms with Crippen LogP contribution in [-0.2, 0) is 11.3 Å². The Labute approximate surface area is 88.5 Å². The van der Waals surface area contributed by atoms with Crippen molar-refractivity contribution in [2.24, 2.45) is 0 Å². The van der Waals surface area contributed by atoms with Crippen LogP contribution in [0.1, 0.15) is 24.0 Å². The van der Waals surface area contributed by atoms with Crippen LogP contribution in [0.5, 0.6) is 0 Å². The summed E-state index contributed by atoms with van der Waals surface area (Å²) < 4.78 is 5.48. The number of aryl methyl sites for hydroxylation is 1. The highest BCUT2D eigenvalue weighted by molar-refractivity contribution is 7.09. The average Bonchev–Trinajstić information content (AvgIpc) is 2.72. The number of aromatic nitrogens is 1. The predicted octanol–water partition coefficient (Wildman–Crippen LogP) is 1.72. The molecule has 1 saturated heterocycles. The van der Waals surface area contributed by atoms with E-state index in [-0.39, 0.29) is 0 Å². The topological polar surface area (TPSA) is 34.2 Å². The standard InChI is InChI=1S/C10H16N2OS/c1-7-10(3-4-13-7)11-5-9-6-14-8(2)12-9/h6-7,10-11H,3-5H2,1-2H3. The molecule has 0 amide bonds. The zero-order chi connectivity index (χ0) is 9.97. The molecule has 3 nitrogen and oxygen atoms in total. The summed E-state index contributed by atoms with van der Waals surface area (Å²) in [5, 5.41) is 6.73. The zero-order valence-corrected chi connectivity index (χ0v) is 9.43. The number of nitrogens with zero attached hydrogens (tertiary/aromatic N) is 1. The molecule has 1 N–H and O–H groups in total. The number of hydrogen-bond acceptors (Lipinski definition) is 4. The lowest BCUT2D eigenvalue weighted by Gasteiger charge is -2.14. The van der Waals surface area contributed by atoms with Gasteiger partial charge in [0.15, 0.2) is 0 Å². The summed E-state index contributed by atoms with van der Waals surface area (Å²) in [7, 11) is 0. The zero-order valence-electron chi connectivity index (χ0n) is 8.62. The van der Waals surface area contributed by atoms with Gasteiger partial charge in [0.25, 0.3) is 0 Å². The van der Waals surface area contributed by atoms with Crippen LogP contribution < -0.4 is 5.32 Å². The Kier molecular flexibility index (Phi) is 3.15. The van der Waals surface area contributed by atoms with Crippen molar-refractivity contribution in [3.8, 4) is 0 Å². The molecule has 1 aromatic heterocycles. The summed E-state index contributed by atoms with van der Waals surface area (Å²) in [6, 6.07) is 0.497. The van der Waals surface area contributed by atoms with Gasteiger partial charge in [-0.15, -0.1) is 11.3 Å². The molecular weight excluding hydrogens is 196 g/mol. The van der Waals surface area contributed by atoms with Crippen molar-refractivity contribution in [3.05, 3.63) is 16.1 Å². The molecule has 1 aromatic rings. The Morgan fingerprint density at radius 2 is 2.57 bits per heavy atom. The molecule has 0 bridgehead atoms. The largest absolute Gasteiger partial charge is 0.377 e. The maximum Gasteiger partial charge on any atom is 0.0897 e. The molecule has 0 saturated carbocycles. The lowest BCUT2D eigenvalue weighted by Crippen LogP contribution is -2.34. The van der Waals surface area contributed by atoms with Gasteiger partial charge in [0.1, 0.15) is 0 Å². The summed E-state index contributed by atoms with van der Waals surface area (Å²) in [6.45, 7) is 5.91. The molecule has 0 aliphatic carbocycles. The Balaban J connectivity index is 1.82. The van der Waals surface area contributed by atoms with E-state index in [0.717, 1.165) is 30.3 Å². The average molecular weight is 212 g/mol. The molecule has 0 radical (unpaired) electrons. The molecule has 78 valence electrons. The molecule has 4 heteroatoms. The summed E-state index contributed by atoms with van der Waals surface area (Å²) >= 11 is 1.71. The Morgan fingerprint density at radius 1 is 1.71 bits per heavy atom. The van der Waals surface area contributed by atoms with Crippen LogP contribution in [0, 0.1) is 6.92 Å². The third-order valence-corrected chi connectivity index (χ3v) is 3.41. The second-order valence-corrected chi connectivity index (χ2v) is 4.77. The molecule has 1 fully saturated rings. The molecule has 2 rings (SSSR count). The van der Waals surface area contributed by atoms with Crippen molar-refractivity contribution in [1.29, 1.82) is 0 Å². The quantitative estimate of drug-likeness (QED) is 0.828. The van der Waals surface area contributed by atoms with E-state index in [4.69, 9.17) is 4.74 Å². The Bertz CT molecular complexity index is 300. The van der Waals surface area contributed by atoms with Gasteiger partial charge >= 0.3 is 0 Å². The van der Waals surface area contributed by atoms with Crippen LogP contribution in [0.15, 0.2) is 5.38 Å². The SMILES string of the molecule is Cc1nc(CNC2CCOC2C)cs1. The second-order valence-electron chi connectivity index (χ2n) is 3.71. The molecule has 1 aliphatic heterocycles. The maximum atomic E-state index is 5.48. The number of hydrogen-bond donors (Lipinski definition) is 1. The van der Waals surface area contributed by atoms with Crippen molar-refractivity contribution >= 4 is 11.3 Å². The van der Waals surface area contributed by atoms with Crippen molar-refractivity contribution in [2.75, 3.05) is 6.61 Å². The van der Waals surface area contributed by atoms with Gasteiger partial charge < -0.3 is 10.1 Å². The highest BCUT2D eigenvalue weighted by atomic mass is 32.1. The molecule has 2 unspecified atom stereocenters. The summed E-state index contributed by atoms with van der Waals surface area (Å²) in [5.74, 6) is 0. The van der Waals surface area contributed by atoms with Crippen molar-refractivity contribution in [3.63, 3.8) is 0 Å². The van der Waals surface area contributed by atoms with Crippen molar-refractivity contribution < 1.29 is 4.74 Å². The summed E-state index contributed by atoms with van der Waals surface area (Å²) in [4.78, 5) is 4.41. The smallest absolute Gasteiger partial charge is 0.0897 e. The monoisotopic (exact) mass is 212 g/mol. The van der Waals surface area contributed by atoms with Gasteiger partial charge in [-0.05, 0) is 20.3 Å². The fourth-order valence-electron chi connectivity index (χ4n) is 1.72. The highest BCUT2D eigenvalue weighted by Crippen LogP contribution is 2.14. The fourth-order valence-corrected chi connectivity index (χ4v) is 2.34. The second kappa shape index (κ2) is 4.38. The van der Waals surface area contributed by atoms with Crippen LogP contribution in [0.3, 0.4) is 0 Å². The minimum absolute atomic E-state index is 0.342. The van der Waals surface area contributed by atoms with Crippen LogP contribution in [-0.4, -0.2) is 23.7 Å². The number of nitrogens with one attached hydrogen (secondary N) is 1. The normalized spacial score (nSPS) is 27.0. The van der Waals surface area contributed by atoms with Crippen LogP contribution in [0.25, 0.3) is 0 Å². The van der Waals surface area contributed by atoms with Gasteiger partial charge in [-0.3, -0.25) is 0 Å². The van der Waals surface area contributed by atoms with Gasteiger partial charge in [0.2, 0.25) is 0 Å². The van der Waals surface area contributed by atoms with E-state index in [1.807, 2.05) is 6.92 Å². The number of rotatable bonds is 3. The van der Waals surface area contributed by atoms with E-state index in [1.165, 1.54) is 0 Å². The molecule has 2 atom stereocenters. The number of thiazole rings is 1. The van der Waals surface area contributed by atoms with E-state index in [1.54, 1.807) is 11.3 Å². The van der Waals surface area contributed by atoms with Gasteiger partial charge in [-0.25, -0.2) is 4.98 Å². The highest BCUT2D eigenvalue weighted by Gasteiger charge is 2.23.